The summed E-state index contributed by atoms with van der Waals surface area (Å²) >= 11 is 5.32. The van der Waals surface area contributed by atoms with Crippen molar-refractivity contribution < 1.29 is 4.74 Å². The molecule has 0 aliphatic carbocycles. The number of aliphatic imine (C=N–C) groups is 1. The molecule has 0 saturated heterocycles. The summed E-state index contributed by atoms with van der Waals surface area (Å²) in [5.41, 5.74) is 0. The summed E-state index contributed by atoms with van der Waals surface area (Å²) in [7, 11) is 1.81. The van der Waals surface area contributed by atoms with Gasteiger partial charge < -0.3 is 15.4 Å². The number of rotatable bonds is 10. The highest BCUT2D eigenvalue weighted by Crippen LogP contribution is 2.24. The van der Waals surface area contributed by atoms with Crippen LogP contribution in [0, 0.1) is 0 Å². The van der Waals surface area contributed by atoms with Crippen molar-refractivity contribution in [1.82, 2.24) is 10.6 Å². The molecule has 0 aromatic heterocycles. The zero-order valence-electron chi connectivity index (χ0n) is 14.7. The molecule has 4 nitrogen and oxygen atoms in total. The number of ether oxygens (including phenoxy) is 1. The van der Waals surface area contributed by atoms with Crippen LogP contribution in [-0.4, -0.2) is 44.6 Å². The van der Waals surface area contributed by atoms with E-state index in [1.165, 1.54) is 4.90 Å². The first-order valence-corrected chi connectivity index (χ1v) is 9.77. The second kappa shape index (κ2) is 15.3. The van der Waals surface area contributed by atoms with Gasteiger partial charge >= 0.3 is 0 Å². The lowest BCUT2D eigenvalue weighted by atomic mass is 10.3. The van der Waals surface area contributed by atoms with Crippen LogP contribution in [0.2, 0.25) is 0 Å². The minimum atomic E-state index is 0. The molecule has 0 aliphatic heterocycles. The summed E-state index contributed by atoms with van der Waals surface area (Å²) < 4.78 is 6.44. The third-order valence-electron chi connectivity index (χ3n) is 3.14. The van der Waals surface area contributed by atoms with Crippen LogP contribution in [0.1, 0.15) is 26.7 Å². The Morgan fingerprint density at radius 1 is 1.25 bits per heavy atom. The Balaban J connectivity index is 0.00000529. The Hall–Kier alpha value is 0.01000. The molecule has 138 valence electrons. The molecule has 1 unspecified atom stereocenters. The Kier molecular flexibility index (Phi) is 15.3. The van der Waals surface area contributed by atoms with Crippen molar-refractivity contribution >= 4 is 57.6 Å². The SMILES string of the molecule is CCOCCCCNC(=NC)NCC(C)Sc1ccc(Br)cc1.I. The van der Waals surface area contributed by atoms with Gasteiger partial charge in [0.1, 0.15) is 0 Å². The number of nitrogens with one attached hydrogen (secondary N) is 2. The molecule has 0 spiro atoms. The van der Waals surface area contributed by atoms with Crippen LogP contribution in [0.5, 0.6) is 0 Å². The molecule has 0 aliphatic rings. The lowest BCUT2D eigenvalue weighted by Crippen LogP contribution is -2.40. The van der Waals surface area contributed by atoms with E-state index in [0.29, 0.717) is 5.25 Å². The van der Waals surface area contributed by atoms with Crippen LogP contribution in [0.15, 0.2) is 38.6 Å². The normalized spacial score (nSPS) is 12.4. The minimum Gasteiger partial charge on any atom is -0.382 e. The van der Waals surface area contributed by atoms with E-state index in [4.69, 9.17) is 4.74 Å². The maximum atomic E-state index is 5.33. The lowest BCUT2D eigenvalue weighted by molar-refractivity contribution is 0.143. The molecule has 0 bridgehead atoms. The van der Waals surface area contributed by atoms with E-state index < -0.39 is 0 Å². The predicted molar refractivity (Wildman–Crippen MR) is 120 cm³/mol. The Bertz CT molecular complexity index is 460. The molecule has 0 fully saturated rings. The molecule has 1 rings (SSSR count). The maximum absolute atomic E-state index is 5.33. The Morgan fingerprint density at radius 3 is 2.58 bits per heavy atom. The summed E-state index contributed by atoms with van der Waals surface area (Å²) in [5.74, 6) is 0.865. The van der Waals surface area contributed by atoms with Crippen molar-refractivity contribution in [2.24, 2.45) is 4.99 Å². The van der Waals surface area contributed by atoms with Crippen molar-refractivity contribution in [2.75, 3.05) is 33.4 Å². The molecular formula is C17H29BrIN3OS. The van der Waals surface area contributed by atoms with Crippen LogP contribution in [0.25, 0.3) is 0 Å². The highest BCUT2D eigenvalue weighted by atomic mass is 127. The van der Waals surface area contributed by atoms with Gasteiger partial charge in [0.05, 0.1) is 0 Å². The minimum absolute atomic E-state index is 0. The fourth-order valence-electron chi connectivity index (χ4n) is 1.93. The Morgan fingerprint density at radius 2 is 1.96 bits per heavy atom. The van der Waals surface area contributed by atoms with Gasteiger partial charge in [0.25, 0.3) is 0 Å². The zero-order valence-corrected chi connectivity index (χ0v) is 19.4. The standard InChI is InChI=1S/C17H28BrN3OS.HI/c1-4-22-12-6-5-11-20-17(19-3)21-13-14(2)23-16-9-7-15(18)8-10-16;/h7-10,14H,4-6,11-13H2,1-3H3,(H2,19,20,21);1H. The molecule has 0 saturated carbocycles. The first-order chi connectivity index (χ1) is 11.2. The summed E-state index contributed by atoms with van der Waals surface area (Å²) in [6.07, 6.45) is 2.16. The molecule has 1 atom stereocenters. The number of hydrogen-bond acceptors (Lipinski definition) is 3. The van der Waals surface area contributed by atoms with Crippen LogP contribution in [-0.2, 0) is 4.74 Å². The summed E-state index contributed by atoms with van der Waals surface area (Å²) in [4.78, 5) is 5.54. The number of thioether (sulfide) groups is 1. The zero-order chi connectivity index (χ0) is 16.9. The third-order valence-corrected chi connectivity index (χ3v) is 4.79. The summed E-state index contributed by atoms with van der Waals surface area (Å²) in [6.45, 7) is 7.67. The van der Waals surface area contributed by atoms with Gasteiger partial charge in [-0.3, -0.25) is 4.99 Å². The van der Waals surface area contributed by atoms with E-state index in [1.54, 1.807) is 0 Å². The third kappa shape index (κ3) is 11.5. The lowest BCUT2D eigenvalue weighted by Gasteiger charge is -2.16. The average Bonchev–Trinajstić information content (AvgIpc) is 2.55. The first-order valence-electron chi connectivity index (χ1n) is 8.10. The van der Waals surface area contributed by atoms with E-state index in [0.717, 1.165) is 49.6 Å². The van der Waals surface area contributed by atoms with Crippen molar-refractivity contribution in [3.8, 4) is 0 Å². The second-order valence-corrected chi connectivity index (χ2v) is 7.59. The van der Waals surface area contributed by atoms with Gasteiger partial charge in [-0.05, 0) is 44.0 Å². The molecule has 1 aromatic rings. The van der Waals surface area contributed by atoms with E-state index in [1.807, 2.05) is 25.7 Å². The van der Waals surface area contributed by atoms with E-state index >= 15 is 0 Å². The molecule has 0 radical (unpaired) electrons. The molecule has 0 amide bonds. The number of benzene rings is 1. The fourth-order valence-corrected chi connectivity index (χ4v) is 3.12. The van der Waals surface area contributed by atoms with Gasteiger partial charge in [-0.25, -0.2) is 0 Å². The monoisotopic (exact) mass is 529 g/mol. The number of nitrogens with zero attached hydrogens (tertiary/aromatic N) is 1. The Labute approximate surface area is 176 Å². The molecule has 24 heavy (non-hydrogen) atoms. The van der Waals surface area contributed by atoms with Crippen molar-refractivity contribution in [3.63, 3.8) is 0 Å². The average molecular weight is 530 g/mol. The largest absolute Gasteiger partial charge is 0.382 e. The van der Waals surface area contributed by atoms with Crippen LogP contribution >= 0.6 is 51.7 Å². The number of unbranched alkanes of at least 4 members (excludes halogenated alkanes) is 1. The topological polar surface area (TPSA) is 45.6 Å². The van der Waals surface area contributed by atoms with Crippen LogP contribution in [0.4, 0.5) is 0 Å². The molecule has 0 heterocycles. The van der Waals surface area contributed by atoms with Gasteiger partial charge in [-0.1, -0.05) is 22.9 Å². The summed E-state index contributed by atoms with van der Waals surface area (Å²) in [6, 6.07) is 8.42. The maximum Gasteiger partial charge on any atom is 0.191 e. The molecular weight excluding hydrogens is 501 g/mol. The molecule has 1 aromatic carbocycles. The smallest absolute Gasteiger partial charge is 0.191 e. The van der Waals surface area contributed by atoms with Crippen LogP contribution < -0.4 is 10.6 Å². The fraction of sp³-hybridized carbons (Fsp3) is 0.588. The highest BCUT2D eigenvalue weighted by Gasteiger charge is 2.06. The van der Waals surface area contributed by atoms with Crippen LogP contribution in [0.3, 0.4) is 0 Å². The number of guanidine groups is 1. The highest BCUT2D eigenvalue weighted by molar-refractivity contribution is 14.0. The van der Waals surface area contributed by atoms with Crippen molar-refractivity contribution in [1.29, 1.82) is 0 Å². The van der Waals surface area contributed by atoms with Gasteiger partial charge in [0, 0.05) is 48.0 Å². The second-order valence-electron chi connectivity index (χ2n) is 5.17. The van der Waals surface area contributed by atoms with Gasteiger partial charge in [0.15, 0.2) is 5.96 Å². The molecule has 2 N–H and O–H groups in total. The number of hydrogen-bond donors (Lipinski definition) is 2. The van der Waals surface area contributed by atoms with E-state index in [9.17, 15) is 0 Å². The van der Waals surface area contributed by atoms with Gasteiger partial charge in [-0.15, -0.1) is 35.7 Å². The molecule has 7 heteroatoms. The predicted octanol–water partition coefficient (Wildman–Crippen LogP) is 4.53. The van der Waals surface area contributed by atoms with E-state index in [-0.39, 0.29) is 24.0 Å². The van der Waals surface area contributed by atoms with Crippen molar-refractivity contribution in [3.05, 3.63) is 28.7 Å². The van der Waals surface area contributed by atoms with E-state index in [2.05, 4.69) is 62.7 Å². The van der Waals surface area contributed by atoms with Gasteiger partial charge in [-0.2, -0.15) is 0 Å². The summed E-state index contributed by atoms with van der Waals surface area (Å²) in [5, 5.41) is 7.19. The number of halogens is 2. The first kappa shape index (κ1) is 24.0. The van der Waals surface area contributed by atoms with Gasteiger partial charge in [0.2, 0.25) is 0 Å². The quantitative estimate of drug-likeness (QED) is 0.154. The van der Waals surface area contributed by atoms with Crippen molar-refractivity contribution in [2.45, 2.75) is 36.8 Å².